The number of carboxylic acid groups (broad SMARTS) is 1. The molecule has 0 unspecified atom stereocenters. The van der Waals surface area contributed by atoms with Crippen LogP contribution >= 0.6 is 23.4 Å². The van der Waals surface area contributed by atoms with Gasteiger partial charge in [-0.25, -0.2) is 0 Å². The first kappa shape index (κ1) is 17.3. The fourth-order valence-corrected chi connectivity index (χ4v) is 3.75. The van der Waals surface area contributed by atoms with E-state index in [1.807, 2.05) is 0 Å². The van der Waals surface area contributed by atoms with Crippen molar-refractivity contribution in [1.82, 2.24) is 9.38 Å². The molecule has 0 aliphatic heterocycles. The lowest BCUT2D eigenvalue weighted by Gasteiger charge is -2.20. The van der Waals surface area contributed by atoms with Crippen LogP contribution in [0.3, 0.4) is 0 Å². The van der Waals surface area contributed by atoms with E-state index in [9.17, 15) is 15.2 Å². The van der Waals surface area contributed by atoms with Crippen LogP contribution in [-0.4, -0.2) is 25.2 Å². The summed E-state index contributed by atoms with van der Waals surface area (Å²) < 4.78 is 0.775. The molecule has 0 spiro atoms. The zero-order valence-corrected chi connectivity index (χ0v) is 15.1. The average Bonchev–Trinajstić information content (AvgIpc) is 2.97. The minimum atomic E-state index is -0.998. The Morgan fingerprint density at radius 3 is 2.76 bits per heavy atom. The molecule has 0 aliphatic rings. The van der Waals surface area contributed by atoms with E-state index in [-0.39, 0.29) is 0 Å². The predicted octanol–water partition coefficient (Wildman–Crippen LogP) is 4.48. The fourth-order valence-electron chi connectivity index (χ4n) is 2.48. The number of nitrogens with zero attached hydrogens (tertiary/aromatic N) is 3. The van der Waals surface area contributed by atoms with Crippen LogP contribution in [0.1, 0.15) is 19.4 Å². The Hall–Kier alpha value is -2.49. The van der Waals surface area contributed by atoms with Gasteiger partial charge < -0.3 is 5.11 Å². The van der Waals surface area contributed by atoms with Crippen molar-refractivity contribution in [3.8, 4) is 17.3 Å². The van der Waals surface area contributed by atoms with Gasteiger partial charge in [0.05, 0.1) is 16.8 Å². The number of rotatable bonds is 4. The Balaban J connectivity index is 2.23. The topological polar surface area (TPSA) is 78.4 Å². The van der Waals surface area contributed by atoms with Crippen LogP contribution in [0.5, 0.6) is 0 Å². The highest BCUT2D eigenvalue weighted by Crippen LogP contribution is 2.39. The molecule has 0 saturated carbocycles. The third-order valence-corrected chi connectivity index (χ3v) is 5.37. The lowest BCUT2D eigenvalue weighted by Crippen LogP contribution is -2.27. The number of hydrogen-bond acceptors (Lipinski definition) is 4. The Morgan fingerprint density at radius 2 is 2.08 bits per heavy atom. The van der Waals surface area contributed by atoms with E-state index in [0.29, 0.717) is 16.2 Å². The van der Waals surface area contributed by atoms with Gasteiger partial charge in [0.2, 0.25) is 0 Å². The minimum Gasteiger partial charge on any atom is -0.480 e. The van der Waals surface area contributed by atoms with Crippen LogP contribution in [0.2, 0.25) is 5.15 Å². The van der Waals surface area contributed by atoms with Crippen LogP contribution < -0.4 is 0 Å². The molecule has 3 rings (SSSR count). The summed E-state index contributed by atoms with van der Waals surface area (Å²) in [5, 5.41) is 19.2. The van der Waals surface area contributed by atoms with E-state index in [2.05, 4.69) is 11.1 Å². The molecule has 3 aromatic heterocycles. The standard InChI is InChI=1S/C18H14ClN3O2S/c1-18(2,17(23)24)25-15-7-8-21-10-12(15)14-4-3-11(9-20)13-5-6-16(19)22(13)14/h3-8,10H,1-2H3,(H,23,24). The van der Waals surface area contributed by atoms with Gasteiger partial charge in [-0.1, -0.05) is 11.6 Å². The maximum atomic E-state index is 11.5. The summed E-state index contributed by atoms with van der Waals surface area (Å²) in [5.74, 6) is -0.899. The number of thioether (sulfide) groups is 1. The molecule has 0 aromatic carbocycles. The van der Waals surface area contributed by atoms with Crippen molar-refractivity contribution < 1.29 is 9.90 Å². The van der Waals surface area contributed by atoms with Crippen molar-refractivity contribution in [2.45, 2.75) is 23.5 Å². The number of halogens is 1. The first-order valence-corrected chi connectivity index (χ1v) is 8.61. The number of aliphatic carboxylic acids is 1. The molecule has 5 nitrogen and oxygen atoms in total. The van der Waals surface area contributed by atoms with Crippen LogP contribution in [0.4, 0.5) is 0 Å². The van der Waals surface area contributed by atoms with Crippen LogP contribution in [0.15, 0.2) is 47.6 Å². The summed E-state index contributed by atoms with van der Waals surface area (Å²) in [4.78, 5) is 16.4. The Kier molecular flexibility index (Phi) is 4.46. The van der Waals surface area contributed by atoms with E-state index < -0.39 is 10.7 Å². The van der Waals surface area contributed by atoms with Crippen molar-refractivity contribution in [2.24, 2.45) is 0 Å². The van der Waals surface area contributed by atoms with Crippen molar-refractivity contribution in [3.63, 3.8) is 0 Å². The second-order valence-electron chi connectivity index (χ2n) is 5.91. The van der Waals surface area contributed by atoms with E-state index in [1.165, 1.54) is 11.8 Å². The second-order valence-corrected chi connectivity index (χ2v) is 7.96. The van der Waals surface area contributed by atoms with E-state index >= 15 is 0 Å². The average molecular weight is 372 g/mol. The van der Waals surface area contributed by atoms with E-state index in [0.717, 1.165) is 16.2 Å². The molecule has 0 radical (unpaired) electrons. The Bertz CT molecular complexity index is 1020. The van der Waals surface area contributed by atoms with Gasteiger partial charge in [-0.2, -0.15) is 5.26 Å². The van der Waals surface area contributed by atoms with Gasteiger partial charge in [-0.05, 0) is 44.2 Å². The number of carbonyl (C=O) groups is 1. The van der Waals surface area contributed by atoms with Gasteiger partial charge in [0, 0.05) is 22.9 Å². The summed E-state index contributed by atoms with van der Waals surface area (Å²) in [5.41, 5.74) is 2.72. The summed E-state index contributed by atoms with van der Waals surface area (Å²) in [7, 11) is 0. The Morgan fingerprint density at radius 1 is 1.32 bits per heavy atom. The molecule has 0 saturated heterocycles. The smallest absolute Gasteiger partial charge is 0.319 e. The van der Waals surface area contributed by atoms with Gasteiger partial charge >= 0.3 is 5.97 Å². The summed E-state index contributed by atoms with van der Waals surface area (Å²) in [6.07, 6.45) is 3.30. The highest BCUT2D eigenvalue weighted by molar-refractivity contribution is 8.01. The molecule has 3 aromatic rings. The molecule has 0 bridgehead atoms. The molecule has 25 heavy (non-hydrogen) atoms. The van der Waals surface area contributed by atoms with Crippen LogP contribution in [-0.2, 0) is 4.79 Å². The van der Waals surface area contributed by atoms with E-state index in [1.54, 1.807) is 61.0 Å². The quantitative estimate of drug-likeness (QED) is 0.684. The van der Waals surface area contributed by atoms with Crippen molar-refractivity contribution in [1.29, 1.82) is 5.26 Å². The first-order chi connectivity index (χ1) is 11.8. The molecular formula is C18H14ClN3O2S. The monoisotopic (exact) mass is 371 g/mol. The number of aromatic nitrogens is 2. The first-order valence-electron chi connectivity index (χ1n) is 7.42. The number of hydrogen-bond donors (Lipinski definition) is 1. The minimum absolute atomic E-state index is 0.472. The van der Waals surface area contributed by atoms with Crippen molar-refractivity contribution >= 4 is 34.8 Å². The molecule has 0 aliphatic carbocycles. The zero-order valence-electron chi connectivity index (χ0n) is 13.5. The maximum absolute atomic E-state index is 11.5. The van der Waals surface area contributed by atoms with Crippen molar-refractivity contribution in [3.05, 3.63) is 53.4 Å². The maximum Gasteiger partial charge on any atom is 0.319 e. The van der Waals surface area contributed by atoms with Crippen LogP contribution in [0.25, 0.3) is 16.8 Å². The largest absolute Gasteiger partial charge is 0.480 e. The Labute approximate surface area is 153 Å². The molecule has 3 heterocycles. The van der Waals surface area contributed by atoms with Crippen LogP contribution in [0, 0.1) is 11.3 Å². The molecule has 1 N–H and O–H groups in total. The number of fused-ring (bicyclic) bond motifs is 1. The number of nitriles is 1. The third kappa shape index (κ3) is 3.09. The van der Waals surface area contributed by atoms with Gasteiger partial charge in [0.25, 0.3) is 0 Å². The summed E-state index contributed by atoms with van der Waals surface area (Å²) in [6, 6.07) is 11.0. The summed E-state index contributed by atoms with van der Waals surface area (Å²) in [6.45, 7) is 3.31. The number of carboxylic acids is 1. The van der Waals surface area contributed by atoms with Gasteiger partial charge in [-0.3, -0.25) is 14.2 Å². The van der Waals surface area contributed by atoms with Crippen molar-refractivity contribution in [2.75, 3.05) is 0 Å². The SMILES string of the molecule is CC(C)(Sc1ccncc1-c1ccc(C#N)c2ccc(Cl)n12)C(=O)O. The fraction of sp³-hybridized carbons (Fsp3) is 0.167. The zero-order chi connectivity index (χ0) is 18.2. The lowest BCUT2D eigenvalue weighted by atomic mass is 10.1. The molecule has 7 heteroatoms. The molecule has 0 fully saturated rings. The molecular weight excluding hydrogens is 358 g/mol. The number of pyridine rings is 2. The van der Waals surface area contributed by atoms with Gasteiger partial charge in [-0.15, -0.1) is 11.8 Å². The van der Waals surface area contributed by atoms with Gasteiger partial charge in [0.1, 0.15) is 16.0 Å². The molecule has 0 amide bonds. The second kappa shape index (κ2) is 6.43. The lowest BCUT2D eigenvalue weighted by molar-refractivity contribution is -0.138. The normalized spacial score (nSPS) is 11.4. The highest BCUT2D eigenvalue weighted by atomic mass is 35.5. The third-order valence-electron chi connectivity index (χ3n) is 3.82. The van der Waals surface area contributed by atoms with E-state index in [4.69, 9.17) is 11.6 Å². The highest BCUT2D eigenvalue weighted by Gasteiger charge is 2.30. The van der Waals surface area contributed by atoms with Gasteiger partial charge in [0.15, 0.2) is 0 Å². The molecule has 126 valence electrons. The summed E-state index contributed by atoms with van der Waals surface area (Å²) >= 11 is 7.57. The molecule has 0 atom stereocenters. The predicted molar refractivity (Wildman–Crippen MR) is 97.9 cm³/mol.